The van der Waals surface area contributed by atoms with E-state index in [0.717, 1.165) is 25.1 Å². The van der Waals surface area contributed by atoms with E-state index in [4.69, 9.17) is 0 Å². The van der Waals surface area contributed by atoms with Crippen molar-refractivity contribution in [3.05, 3.63) is 38.3 Å². The summed E-state index contributed by atoms with van der Waals surface area (Å²) < 4.78 is 0. The molecule has 2 rings (SSSR count). The normalized spacial score (nSPS) is 22.2. The van der Waals surface area contributed by atoms with Crippen LogP contribution in [0.4, 0.5) is 5.69 Å². The molecular formula is C12H15N3O5. The number of amides is 1. The number of hydrogen-bond donors (Lipinski definition) is 3. The SMILES string of the molecule is O=C(NC1CCCCC1O)c1cc([N+](=O)[O-])c[nH]c1=O. The number of rotatable bonds is 3. The van der Waals surface area contributed by atoms with Gasteiger partial charge in [0.25, 0.3) is 17.2 Å². The van der Waals surface area contributed by atoms with E-state index in [0.29, 0.717) is 12.8 Å². The third-order valence-corrected chi connectivity index (χ3v) is 3.39. The number of hydrogen-bond acceptors (Lipinski definition) is 5. The van der Waals surface area contributed by atoms with Crippen molar-refractivity contribution in [3.8, 4) is 0 Å². The van der Waals surface area contributed by atoms with Crippen LogP contribution in [0.1, 0.15) is 36.0 Å². The number of H-pyrrole nitrogens is 1. The van der Waals surface area contributed by atoms with Gasteiger partial charge in [-0.25, -0.2) is 0 Å². The second-order valence-electron chi connectivity index (χ2n) is 4.79. The van der Waals surface area contributed by atoms with Gasteiger partial charge in [-0.05, 0) is 12.8 Å². The van der Waals surface area contributed by atoms with Crippen molar-refractivity contribution in [3.63, 3.8) is 0 Å². The van der Waals surface area contributed by atoms with Crippen LogP contribution < -0.4 is 10.9 Å². The van der Waals surface area contributed by atoms with Gasteiger partial charge in [-0.3, -0.25) is 19.7 Å². The first-order chi connectivity index (χ1) is 9.49. The van der Waals surface area contributed by atoms with Gasteiger partial charge >= 0.3 is 0 Å². The topological polar surface area (TPSA) is 125 Å². The molecule has 0 spiro atoms. The molecule has 2 atom stereocenters. The van der Waals surface area contributed by atoms with Crippen LogP contribution >= 0.6 is 0 Å². The molecule has 1 heterocycles. The molecule has 1 aromatic heterocycles. The molecule has 20 heavy (non-hydrogen) atoms. The molecule has 0 aliphatic heterocycles. The monoisotopic (exact) mass is 281 g/mol. The molecule has 1 saturated carbocycles. The summed E-state index contributed by atoms with van der Waals surface area (Å²) in [6, 6.07) is 0.513. The number of nitrogens with one attached hydrogen (secondary N) is 2. The molecule has 3 N–H and O–H groups in total. The molecule has 1 aliphatic carbocycles. The van der Waals surface area contributed by atoms with Crippen molar-refractivity contribution in [1.29, 1.82) is 0 Å². The lowest BCUT2D eigenvalue weighted by molar-refractivity contribution is -0.385. The van der Waals surface area contributed by atoms with E-state index in [9.17, 15) is 24.8 Å². The smallest absolute Gasteiger partial charge is 0.286 e. The van der Waals surface area contributed by atoms with Gasteiger partial charge in [-0.1, -0.05) is 12.8 Å². The molecule has 1 aliphatic rings. The zero-order valence-corrected chi connectivity index (χ0v) is 10.7. The molecule has 1 aromatic rings. The van der Waals surface area contributed by atoms with Crippen LogP contribution in [0.3, 0.4) is 0 Å². The summed E-state index contributed by atoms with van der Waals surface area (Å²) in [5.74, 6) is -0.708. The third-order valence-electron chi connectivity index (χ3n) is 3.39. The van der Waals surface area contributed by atoms with Crippen molar-refractivity contribution in [2.45, 2.75) is 37.8 Å². The molecule has 8 nitrogen and oxygen atoms in total. The van der Waals surface area contributed by atoms with Crippen LogP contribution in [-0.2, 0) is 0 Å². The number of carbonyl (C=O) groups excluding carboxylic acids is 1. The van der Waals surface area contributed by atoms with Crippen LogP contribution in [0.5, 0.6) is 0 Å². The summed E-state index contributed by atoms with van der Waals surface area (Å²) in [6.07, 6.45) is 3.29. The molecule has 1 fully saturated rings. The minimum atomic E-state index is -0.708. The van der Waals surface area contributed by atoms with Crippen LogP contribution in [0.2, 0.25) is 0 Å². The maximum absolute atomic E-state index is 12.0. The van der Waals surface area contributed by atoms with Gasteiger partial charge in [-0.15, -0.1) is 0 Å². The summed E-state index contributed by atoms with van der Waals surface area (Å²) in [5, 5.41) is 23.0. The summed E-state index contributed by atoms with van der Waals surface area (Å²) in [4.78, 5) is 35.7. The number of nitrogens with zero attached hydrogens (tertiary/aromatic N) is 1. The number of aromatic nitrogens is 1. The van der Waals surface area contributed by atoms with Crippen molar-refractivity contribution in [1.82, 2.24) is 10.3 Å². The second-order valence-corrected chi connectivity index (χ2v) is 4.79. The van der Waals surface area contributed by atoms with Crippen molar-refractivity contribution < 1.29 is 14.8 Å². The lowest BCUT2D eigenvalue weighted by atomic mass is 9.92. The molecule has 108 valence electrons. The maximum Gasteiger partial charge on any atom is 0.286 e. The van der Waals surface area contributed by atoms with E-state index in [1.165, 1.54) is 0 Å². The number of nitro groups is 1. The first-order valence-corrected chi connectivity index (χ1v) is 6.35. The molecule has 0 radical (unpaired) electrons. The average Bonchev–Trinajstić information content (AvgIpc) is 2.41. The number of aromatic amines is 1. The highest BCUT2D eigenvalue weighted by Crippen LogP contribution is 2.18. The Bertz CT molecular complexity index is 583. The number of aliphatic hydroxyl groups excluding tert-OH is 1. The first kappa shape index (κ1) is 14.2. The van der Waals surface area contributed by atoms with Gasteiger partial charge in [0, 0.05) is 6.07 Å². The lowest BCUT2D eigenvalue weighted by Gasteiger charge is -2.28. The van der Waals surface area contributed by atoms with E-state index < -0.39 is 28.5 Å². The van der Waals surface area contributed by atoms with E-state index in [-0.39, 0.29) is 11.3 Å². The fourth-order valence-corrected chi connectivity index (χ4v) is 2.27. The van der Waals surface area contributed by atoms with Gasteiger partial charge in [0.15, 0.2) is 0 Å². The Balaban J connectivity index is 2.18. The Kier molecular flexibility index (Phi) is 4.14. The lowest BCUT2D eigenvalue weighted by Crippen LogP contribution is -2.46. The summed E-state index contributed by atoms with van der Waals surface area (Å²) in [6.45, 7) is 0. The molecule has 0 saturated heterocycles. The van der Waals surface area contributed by atoms with Crippen LogP contribution in [0.15, 0.2) is 17.1 Å². The Morgan fingerprint density at radius 1 is 1.45 bits per heavy atom. The molecule has 8 heteroatoms. The Morgan fingerprint density at radius 2 is 2.15 bits per heavy atom. The van der Waals surface area contributed by atoms with Crippen LogP contribution in [-0.4, -0.2) is 33.1 Å². The highest BCUT2D eigenvalue weighted by Gasteiger charge is 2.26. The van der Waals surface area contributed by atoms with Gasteiger partial charge in [0.05, 0.1) is 23.3 Å². The Morgan fingerprint density at radius 3 is 2.80 bits per heavy atom. The maximum atomic E-state index is 12.0. The third kappa shape index (κ3) is 3.02. The van der Waals surface area contributed by atoms with E-state index in [1.807, 2.05) is 0 Å². The summed E-state index contributed by atoms with van der Waals surface area (Å²) >= 11 is 0. The number of pyridine rings is 1. The van der Waals surface area contributed by atoms with Crippen molar-refractivity contribution in [2.24, 2.45) is 0 Å². The predicted octanol–water partition coefficient (Wildman–Crippen LogP) is 0.316. The molecule has 0 bridgehead atoms. The highest BCUT2D eigenvalue weighted by molar-refractivity contribution is 5.94. The number of carbonyl (C=O) groups is 1. The summed E-state index contributed by atoms with van der Waals surface area (Å²) in [7, 11) is 0. The van der Waals surface area contributed by atoms with Gasteiger partial charge in [0.1, 0.15) is 5.56 Å². The van der Waals surface area contributed by atoms with Crippen LogP contribution in [0, 0.1) is 10.1 Å². The predicted molar refractivity (Wildman–Crippen MR) is 69.4 cm³/mol. The molecule has 2 unspecified atom stereocenters. The Hall–Kier alpha value is -2.22. The fraction of sp³-hybridized carbons (Fsp3) is 0.500. The van der Waals surface area contributed by atoms with E-state index >= 15 is 0 Å². The molecule has 0 aromatic carbocycles. The van der Waals surface area contributed by atoms with Gasteiger partial charge in [0.2, 0.25) is 0 Å². The average molecular weight is 281 g/mol. The highest BCUT2D eigenvalue weighted by atomic mass is 16.6. The van der Waals surface area contributed by atoms with E-state index in [1.54, 1.807) is 0 Å². The largest absolute Gasteiger partial charge is 0.391 e. The van der Waals surface area contributed by atoms with Crippen molar-refractivity contribution in [2.75, 3.05) is 0 Å². The fourth-order valence-electron chi connectivity index (χ4n) is 2.27. The molecular weight excluding hydrogens is 266 g/mol. The zero-order chi connectivity index (χ0) is 14.7. The zero-order valence-electron chi connectivity index (χ0n) is 10.7. The van der Waals surface area contributed by atoms with Crippen LogP contribution in [0.25, 0.3) is 0 Å². The quantitative estimate of drug-likeness (QED) is 0.543. The first-order valence-electron chi connectivity index (χ1n) is 6.35. The standard InChI is InChI=1S/C12H15N3O5/c16-10-4-2-1-3-9(10)14-12(18)8-5-7(15(19)20)6-13-11(8)17/h5-6,9-10,16H,1-4H2,(H,13,17)(H,14,18). The van der Waals surface area contributed by atoms with Crippen molar-refractivity contribution >= 4 is 11.6 Å². The Labute approximate surface area is 114 Å². The minimum absolute atomic E-state index is 0.322. The second kappa shape index (κ2) is 5.83. The molecule has 1 amide bonds. The van der Waals surface area contributed by atoms with Gasteiger partial charge < -0.3 is 15.4 Å². The minimum Gasteiger partial charge on any atom is -0.391 e. The van der Waals surface area contributed by atoms with Gasteiger partial charge in [-0.2, -0.15) is 0 Å². The number of aliphatic hydroxyl groups is 1. The van der Waals surface area contributed by atoms with E-state index in [2.05, 4.69) is 10.3 Å². The summed E-state index contributed by atoms with van der Waals surface area (Å²) in [5.41, 5.74) is -1.38.